The summed E-state index contributed by atoms with van der Waals surface area (Å²) in [5, 5.41) is 2.99. The summed E-state index contributed by atoms with van der Waals surface area (Å²) in [6.45, 7) is 8.53. The molecule has 1 N–H and O–H groups in total. The van der Waals surface area contributed by atoms with Crippen molar-refractivity contribution < 1.29 is 14.3 Å². The van der Waals surface area contributed by atoms with E-state index in [1.807, 2.05) is 42.3 Å². The largest absolute Gasteiger partial charge is 0.493 e. The fraction of sp³-hybridized carbons (Fsp3) is 0.458. The van der Waals surface area contributed by atoms with Crippen molar-refractivity contribution in [1.82, 2.24) is 9.80 Å². The molecule has 0 aromatic heterocycles. The number of hydrogen-bond donors (Lipinski definition) is 1. The fourth-order valence-corrected chi connectivity index (χ4v) is 3.87. The lowest BCUT2D eigenvalue weighted by Gasteiger charge is -2.35. The summed E-state index contributed by atoms with van der Waals surface area (Å²) in [5.74, 6) is 1.35. The Bertz CT molecular complexity index is 848. The van der Waals surface area contributed by atoms with E-state index in [-0.39, 0.29) is 5.91 Å². The highest BCUT2D eigenvalue weighted by atomic mass is 16.5. The first-order chi connectivity index (χ1) is 15.0. The van der Waals surface area contributed by atoms with Crippen LogP contribution < -0.4 is 19.7 Å². The third-order valence-corrected chi connectivity index (χ3v) is 5.65. The molecule has 1 aliphatic heterocycles. The van der Waals surface area contributed by atoms with Crippen LogP contribution >= 0.6 is 0 Å². The van der Waals surface area contributed by atoms with Crippen LogP contribution in [-0.4, -0.2) is 76.2 Å². The molecule has 0 atom stereocenters. The first kappa shape index (κ1) is 22.9. The number of benzene rings is 2. The van der Waals surface area contributed by atoms with Crippen molar-refractivity contribution in [3.63, 3.8) is 0 Å². The first-order valence-corrected chi connectivity index (χ1v) is 10.8. The molecule has 1 amide bonds. The minimum atomic E-state index is -0.0349. The molecule has 2 aromatic carbocycles. The Morgan fingerprint density at radius 2 is 1.68 bits per heavy atom. The van der Waals surface area contributed by atoms with Crippen LogP contribution in [0.3, 0.4) is 0 Å². The lowest BCUT2D eigenvalue weighted by atomic mass is 10.2. The zero-order chi connectivity index (χ0) is 22.2. The van der Waals surface area contributed by atoms with Crippen LogP contribution in [0.4, 0.5) is 11.4 Å². The van der Waals surface area contributed by atoms with Gasteiger partial charge in [0.15, 0.2) is 11.5 Å². The molecule has 0 spiro atoms. The molecule has 0 unspecified atom stereocenters. The molecule has 1 heterocycles. The third-order valence-electron chi connectivity index (χ3n) is 5.65. The number of methoxy groups -OCH3 is 2. The van der Waals surface area contributed by atoms with Crippen molar-refractivity contribution in [2.24, 2.45) is 0 Å². The van der Waals surface area contributed by atoms with E-state index in [1.165, 1.54) is 5.69 Å². The predicted molar refractivity (Wildman–Crippen MR) is 125 cm³/mol. The van der Waals surface area contributed by atoms with Gasteiger partial charge in [0.25, 0.3) is 0 Å². The number of ether oxygens (including phenoxy) is 2. The van der Waals surface area contributed by atoms with Gasteiger partial charge in [0.05, 0.1) is 20.8 Å². The number of anilines is 2. The number of carbonyl (C=O) groups excluding carboxylic acids is 1. The molecule has 0 aliphatic carbocycles. The van der Waals surface area contributed by atoms with Gasteiger partial charge in [-0.25, -0.2) is 0 Å². The van der Waals surface area contributed by atoms with Gasteiger partial charge in [0.2, 0.25) is 5.91 Å². The molecule has 0 bridgehead atoms. The Morgan fingerprint density at radius 3 is 2.29 bits per heavy atom. The molecule has 0 saturated carbocycles. The van der Waals surface area contributed by atoms with Gasteiger partial charge < -0.3 is 24.6 Å². The minimum Gasteiger partial charge on any atom is -0.493 e. The zero-order valence-corrected chi connectivity index (χ0v) is 19.1. The maximum Gasteiger partial charge on any atom is 0.238 e. The second-order valence-electron chi connectivity index (χ2n) is 7.88. The van der Waals surface area contributed by atoms with E-state index >= 15 is 0 Å². The molecular weight excluding hydrogens is 392 g/mol. The lowest BCUT2D eigenvalue weighted by Crippen LogP contribution is -2.46. The van der Waals surface area contributed by atoms with Crippen molar-refractivity contribution in [2.75, 3.05) is 70.8 Å². The Kier molecular flexibility index (Phi) is 8.14. The zero-order valence-electron chi connectivity index (χ0n) is 19.1. The van der Waals surface area contributed by atoms with Crippen LogP contribution in [0, 0.1) is 0 Å². The predicted octanol–water partition coefficient (Wildman–Crippen LogP) is 2.92. The van der Waals surface area contributed by atoms with E-state index in [0.29, 0.717) is 24.6 Å². The number of rotatable bonds is 9. The van der Waals surface area contributed by atoms with Gasteiger partial charge in [0, 0.05) is 44.1 Å². The van der Waals surface area contributed by atoms with E-state index in [2.05, 4.69) is 34.2 Å². The minimum absolute atomic E-state index is 0.0349. The summed E-state index contributed by atoms with van der Waals surface area (Å²) in [4.78, 5) is 19.3. The second kappa shape index (κ2) is 11.0. The average molecular weight is 427 g/mol. The summed E-state index contributed by atoms with van der Waals surface area (Å²) >= 11 is 0. The van der Waals surface area contributed by atoms with Crippen molar-refractivity contribution in [3.05, 3.63) is 48.0 Å². The summed E-state index contributed by atoms with van der Waals surface area (Å²) in [5.41, 5.74) is 3.08. The maximum atomic E-state index is 12.5. The number of hydrogen-bond acceptors (Lipinski definition) is 6. The van der Waals surface area contributed by atoms with Crippen LogP contribution in [0.2, 0.25) is 0 Å². The third kappa shape index (κ3) is 6.35. The van der Waals surface area contributed by atoms with Crippen molar-refractivity contribution >= 4 is 17.3 Å². The highest BCUT2D eigenvalue weighted by molar-refractivity contribution is 5.92. The number of carbonyl (C=O) groups is 1. The van der Waals surface area contributed by atoms with Gasteiger partial charge in [0.1, 0.15) is 0 Å². The topological polar surface area (TPSA) is 57.3 Å². The first-order valence-electron chi connectivity index (χ1n) is 10.8. The SMILES string of the molecule is CCN1CCN(c2ccc(NC(=O)CN(C)Cc3ccc(OC)c(OC)c3)cc2)CC1. The number of nitrogens with one attached hydrogen (secondary N) is 1. The van der Waals surface area contributed by atoms with E-state index in [9.17, 15) is 4.79 Å². The molecule has 1 aliphatic rings. The standard InChI is InChI=1S/C24H34N4O3/c1-5-27-12-14-28(15-13-27)21-9-7-20(8-10-21)25-24(29)18-26(2)17-19-6-11-22(30-3)23(16-19)31-4/h6-11,16H,5,12-15,17-18H2,1-4H3,(H,25,29). The molecule has 7 nitrogen and oxygen atoms in total. The van der Waals surface area contributed by atoms with Gasteiger partial charge in [-0.15, -0.1) is 0 Å². The Morgan fingerprint density at radius 1 is 1.00 bits per heavy atom. The van der Waals surface area contributed by atoms with Crippen LogP contribution in [0.25, 0.3) is 0 Å². The van der Waals surface area contributed by atoms with Crippen molar-refractivity contribution in [3.8, 4) is 11.5 Å². The van der Waals surface area contributed by atoms with E-state index in [0.717, 1.165) is 44.0 Å². The molecular formula is C24H34N4O3. The fourth-order valence-electron chi connectivity index (χ4n) is 3.87. The molecule has 31 heavy (non-hydrogen) atoms. The number of likely N-dealkylation sites (N-methyl/N-ethyl adjacent to an activating group) is 2. The van der Waals surface area contributed by atoms with Crippen molar-refractivity contribution in [2.45, 2.75) is 13.5 Å². The van der Waals surface area contributed by atoms with Crippen molar-refractivity contribution in [1.29, 1.82) is 0 Å². The van der Waals surface area contributed by atoms with E-state index in [1.54, 1.807) is 14.2 Å². The van der Waals surface area contributed by atoms with Crippen LogP contribution in [0.15, 0.2) is 42.5 Å². The Labute approximate surface area is 185 Å². The number of amides is 1. The number of nitrogens with zero attached hydrogens (tertiary/aromatic N) is 3. The molecule has 2 aromatic rings. The van der Waals surface area contributed by atoms with Gasteiger partial charge in [-0.2, -0.15) is 0 Å². The van der Waals surface area contributed by atoms with Crippen LogP contribution in [0.5, 0.6) is 11.5 Å². The summed E-state index contributed by atoms with van der Waals surface area (Å²) in [6, 6.07) is 13.9. The molecule has 1 fully saturated rings. The Balaban J connectivity index is 1.49. The molecule has 1 saturated heterocycles. The smallest absolute Gasteiger partial charge is 0.238 e. The van der Waals surface area contributed by atoms with Crippen LogP contribution in [0.1, 0.15) is 12.5 Å². The molecule has 3 rings (SSSR count). The van der Waals surface area contributed by atoms with Gasteiger partial charge in [-0.1, -0.05) is 13.0 Å². The summed E-state index contributed by atoms with van der Waals surface area (Å²) in [6.07, 6.45) is 0. The van der Waals surface area contributed by atoms with Gasteiger partial charge >= 0.3 is 0 Å². The summed E-state index contributed by atoms with van der Waals surface area (Å²) in [7, 11) is 5.16. The normalized spacial score (nSPS) is 14.5. The molecule has 7 heteroatoms. The highest BCUT2D eigenvalue weighted by Crippen LogP contribution is 2.28. The monoisotopic (exact) mass is 426 g/mol. The van der Waals surface area contributed by atoms with E-state index in [4.69, 9.17) is 9.47 Å². The summed E-state index contributed by atoms with van der Waals surface area (Å²) < 4.78 is 10.6. The quantitative estimate of drug-likeness (QED) is 0.665. The Hall–Kier alpha value is -2.77. The van der Waals surface area contributed by atoms with Crippen LogP contribution in [-0.2, 0) is 11.3 Å². The average Bonchev–Trinajstić information content (AvgIpc) is 2.79. The molecule has 168 valence electrons. The van der Waals surface area contributed by atoms with Gasteiger partial charge in [-0.3, -0.25) is 9.69 Å². The highest BCUT2D eigenvalue weighted by Gasteiger charge is 2.16. The second-order valence-corrected chi connectivity index (χ2v) is 7.88. The molecule has 0 radical (unpaired) electrons. The van der Waals surface area contributed by atoms with E-state index < -0.39 is 0 Å². The maximum absolute atomic E-state index is 12.5. The van der Waals surface area contributed by atoms with Gasteiger partial charge in [-0.05, 0) is 55.6 Å². The lowest BCUT2D eigenvalue weighted by molar-refractivity contribution is -0.117. The number of piperazine rings is 1.